The minimum atomic E-state index is 0.0326. The lowest BCUT2D eigenvalue weighted by molar-refractivity contribution is 0.0703. The van der Waals surface area contributed by atoms with Crippen LogP contribution in [-0.4, -0.2) is 14.2 Å². The minimum Gasteiger partial charge on any atom is -0.375 e. The number of methoxy groups -OCH3 is 1. The van der Waals surface area contributed by atoms with Crippen molar-refractivity contribution in [1.82, 2.24) is 5.32 Å². The molecule has 2 atom stereocenters. The molecular formula is C15H19NOS. The zero-order valence-electron chi connectivity index (χ0n) is 11.0. The molecule has 0 saturated heterocycles. The number of hydrogen-bond donors (Lipinski definition) is 1. The van der Waals surface area contributed by atoms with E-state index in [0.29, 0.717) is 0 Å². The van der Waals surface area contributed by atoms with E-state index in [2.05, 4.69) is 35.8 Å². The fourth-order valence-electron chi connectivity index (χ4n) is 2.23. The molecule has 1 aromatic carbocycles. The van der Waals surface area contributed by atoms with Crippen LogP contribution in [0.25, 0.3) is 0 Å². The summed E-state index contributed by atoms with van der Waals surface area (Å²) in [6.07, 6.45) is 0.0326. The normalized spacial score (nSPS) is 14.4. The average Bonchev–Trinajstić information content (AvgIpc) is 2.83. The number of benzene rings is 1. The van der Waals surface area contributed by atoms with Crippen molar-refractivity contribution < 1.29 is 4.74 Å². The van der Waals surface area contributed by atoms with Crippen molar-refractivity contribution in [2.75, 3.05) is 14.2 Å². The SMILES string of the molecule is CNC(c1csc(C)c1)C(OC)c1ccccc1. The van der Waals surface area contributed by atoms with Gasteiger partial charge < -0.3 is 10.1 Å². The Bertz CT molecular complexity index is 480. The number of rotatable bonds is 5. The summed E-state index contributed by atoms with van der Waals surface area (Å²) in [4.78, 5) is 1.33. The molecule has 0 aliphatic heterocycles. The Kier molecular flexibility index (Phi) is 4.53. The summed E-state index contributed by atoms with van der Waals surface area (Å²) in [5.74, 6) is 0. The number of ether oxygens (including phenoxy) is 1. The van der Waals surface area contributed by atoms with Gasteiger partial charge in [-0.25, -0.2) is 0 Å². The molecule has 0 saturated carbocycles. The molecule has 3 heteroatoms. The maximum Gasteiger partial charge on any atom is 0.102 e. The van der Waals surface area contributed by atoms with E-state index in [1.54, 1.807) is 18.4 Å². The molecule has 1 heterocycles. The topological polar surface area (TPSA) is 21.3 Å². The van der Waals surface area contributed by atoms with Crippen molar-refractivity contribution in [2.24, 2.45) is 0 Å². The van der Waals surface area contributed by atoms with Crippen LogP contribution >= 0.6 is 11.3 Å². The fraction of sp³-hybridized carbons (Fsp3) is 0.333. The van der Waals surface area contributed by atoms with Crippen molar-refractivity contribution in [1.29, 1.82) is 0 Å². The van der Waals surface area contributed by atoms with Gasteiger partial charge in [-0.05, 0) is 36.5 Å². The van der Waals surface area contributed by atoms with Crippen LogP contribution in [-0.2, 0) is 4.74 Å². The lowest BCUT2D eigenvalue weighted by Crippen LogP contribution is -2.24. The third-order valence-electron chi connectivity index (χ3n) is 3.11. The van der Waals surface area contributed by atoms with Crippen molar-refractivity contribution in [2.45, 2.75) is 19.1 Å². The first kappa shape index (κ1) is 13.3. The number of nitrogens with one attached hydrogen (secondary N) is 1. The number of likely N-dealkylation sites (N-methyl/N-ethyl adjacent to an activating group) is 1. The lowest BCUT2D eigenvalue weighted by Gasteiger charge is -2.25. The van der Waals surface area contributed by atoms with Gasteiger partial charge in [-0.15, -0.1) is 11.3 Å². The van der Waals surface area contributed by atoms with Crippen molar-refractivity contribution in [3.8, 4) is 0 Å². The Morgan fingerprint density at radius 2 is 1.89 bits per heavy atom. The first-order valence-electron chi connectivity index (χ1n) is 6.06. The zero-order valence-corrected chi connectivity index (χ0v) is 11.8. The summed E-state index contributed by atoms with van der Waals surface area (Å²) < 4.78 is 5.70. The molecule has 1 aromatic heterocycles. The Hall–Kier alpha value is -1.16. The monoisotopic (exact) mass is 261 g/mol. The van der Waals surface area contributed by atoms with Gasteiger partial charge in [0, 0.05) is 12.0 Å². The summed E-state index contributed by atoms with van der Waals surface area (Å²) in [6, 6.07) is 12.7. The molecule has 0 amide bonds. The quantitative estimate of drug-likeness (QED) is 0.886. The molecule has 96 valence electrons. The smallest absolute Gasteiger partial charge is 0.102 e. The number of thiophene rings is 1. The molecule has 2 rings (SSSR count). The third-order valence-corrected chi connectivity index (χ3v) is 3.99. The molecular weight excluding hydrogens is 242 g/mol. The van der Waals surface area contributed by atoms with E-state index in [1.807, 2.05) is 25.2 Å². The van der Waals surface area contributed by atoms with E-state index in [0.717, 1.165) is 0 Å². The van der Waals surface area contributed by atoms with Crippen molar-refractivity contribution in [3.05, 3.63) is 57.8 Å². The van der Waals surface area contributed by atoms with Crippen LogP contribution in [0.5, 0.6) is 0 Å². The second kappa shape index (κ2) is 6.14. The van der Waals surface area contributed by atoms with Gasteiger partial charge >= 0.3 is 0 Å². The van der Waals surface area contributed by atoms with E-state index < -0.39 is 0 Å². The van der Waals surface area contributed by atoms with E-state index in [-0.39, 0.29) is 12.1 Å². The van der Waals surface area contributed by atoms with E-state index in [9.17, 15) is 0 Å². The molecule has 0 radical (unpaired) electrons. The zero-order chi connectivity index (χ0) is 13.0. The maximum absolute atomic E-state index is 5.70. The van der Waals surface area contributed by atoms with Crippen molar-refractivity contribution in [3.63, 3.8) is 0 Å². The molecule has 2 aromatic rings. The molecule has 0 bridgehead atoms. The van der Waals surface area contributed by atoms with Gasteiger partial charge in [-0.3, -0.25) is 0 Å². The summed E-state index contributed by atoms with van der Waals surface area (Å²) in [7, 11) is 3.74. The van der Waals surface area contributed by atoms with Crippen LogP contribution in [0.4, 0.5) is 0 Å². The van der Waals surface area contributed by atoms with Gasteiger partial charge in [0.15, 0.2) is 0 Å². The van der Waals surface area contributed by atoms with Gasteiger partial charge in [0.2, 0.25) is 0 Å². The average molecular weight is 261 g/mol. The number of hydrogen-bond acceptors (Lipinski definition) is 3. The van der Waals surface area contributed by atoms with Crippen LogP contribution < -0.4 is 5.32 Å². The number of aryl methyl sites for hydroxylation is 1. The molecule has 2 unspecified atom stereocenters. The van der Waals surface area contributed by atoms with E-state index >= 15 is 0 Å². The molecule has 0 aliphatic rings. The second-order valence-corrected chi connectivity index (χ2v) is 5.44. The summed E-state index contributed by atoms with van der Waals surface area (Å²) in [5, 5.41) is 5.56. The highest BCUT2D eigenvalue weighted by atomic mass is 32.1. The highest BCUT2D eigenvalue weighted by Crippen LogP contribution is 2.33. The van der Waals surface area contributed by atoms with Gasteiger partial charge in [0.05, 0.1) is 6.04 Å². The molecule has 0 aliphatic carbocycles. The molecule has 1 N–H and O–H groups in total. The van der Waals surface area contributed by atoms with Crippen molar-refractivity contribution >= 4 is 11.3 Å². The van der Waals surface area contributed by atoms with Crippen LogP contribution in [0.2, 0.25) is 0 Å². The fourth-order valence-corrected chi connectivity index (χ4v) is 2.97. The molecule has 0 fully saturated rings. The Labute approximate surface area is 113 Å². The third kappa shape index (κ3) is 2.80. The first-order chi connectivity index (χ1) is 8.76. The molecule has 18 heavy (non-hydrogen) atoms. The Morgan fingerprint density at radius 3 is 2.39 bits per heavy atom. The van der Waals surface area contributed by atoms with Crippen LogP contribution in [0.15, 0.2) is 41.8 Å². The Balaban J connectivity index is 2.30. The van der Waals surface area contributed by atoms with Gasteiger partial charge in [0.1, 0.15) is 6.10 Å². The maximum atomic E-state index is 5.70. The summed E-state index contributed by atoms with van der Waals surface area (Å²) >= 11 is 1.78. The van der Waals surface area contributed by atoms with Gasteiger partial charge in [0.25, 0.3) is 0 Å². The highest BCUT2D eigenvalue weighted by molar-refractivity contribution is 7.10. The molecule has 2 nitrogen and oxygen atoms in total. The highest BCUT2D eigenvalue weighted by Gasteiger charge is 2.23. The summed E-state index contributed by atoms with van der Waals surface area (Å²) in [6.45, 7) is 2.13. The van der Waals surface area contributed by atoms with Crippen LogP contribution in [0.1, 0.15) is 28.1 Å². The molecule has 0 spiro atoms. The predicted molar refractivity (Wildman–Crippen MR) is 77.0 cm³/mol. The predicted octanol–water partition coefficient (Wildman–Crippen LogP) is 3.70. The summed E-state index contributed by atoms with van der Waals surface area (Å²) in [5.41, 5.74) is 2.49. The largest absolute Gasteiger partial charge is 0.375 e. The van der Waals surface area contributed by atoms with Gasteiger partial charge in [-0.2, -0.15) is 0 Å². The first-order valence-corrected chi connectivity index (χ1v) is 6.94. The van der Waals surface area contributed by atoms with Crippen LogP contribution in [0, 0.1) is 6.92 Å². The lowest BCUT2D eigenvalue weighted by atomic mass is 9.97. The minimum absolute atomic E-state index is 0.0326. The standard InChI is InChI=1S/C15H19NOS/c1-11-9-13(10-18-11)14(16-2)15(17-3)12-7-5-4-6-8-12/h4-10,14-16H,1-3H3. The second-order valence-electron chi connectivity index (χ2n) is 4.32. The van der Waals surface area contributed by atoms with Crippen LogP contribution in [0.3, 0.4) is 0 Å². The van der Waals surface area contributed by atoms with E-state index in [1.165, 1.54) is 16.0 Å². The van der Waals surface area contributed by atoms with E-state index in [4.69, 9.17) is 4.74 Å². The van der Waals surface area contributed by atoms with Gasteiger partial charge in [-0.1, -0.05) is 30.3 Å². The Morgan fingerprint density at radius 1 is 1.17 bits per heavy atom.